The van der Waals surface area contributed by atoms with Gasteiger partial charge in [0.1, 0.15) is 0 Å². The van der Waals surface area contributed by atoms with Gasteiger partial charge in [-0.3, -0.25) is 0 Å². The van der Waals surface area contributed by atoms with Crippen LogP contribution in [0.3, 0.4) is 0 Å². The van der Waals surface area contributed by atoms with Crippen LogP contribution in [-0.4, -0.2) is 41.9 Å². The average molecular weight is 287 g/mol. The van der Waals surface area contributed by atoms with Gasteiger partial charge in [0, 0.05) is 20.3 Å². The van der Waals surface area contributed by atoms with E-state index in [9.17, 15) is 8.42 Å². The molecule has 0 bridgehead atoms. The topological polar surface area (TPSA) is 64.6 Å². The van der Waals surface area contributed by atoms with Crippen LogP contribution in [0.4, 0.5) is 0 Å². The van der Waals surface area contributed by atoms with Gasteiger partial charge in [-0.1, -0.05) is 18.2 Å². The highest BCUT2D eigenvalue weighted by atomic mass is 32.2. The van der Waals surface area contributed by atoms with Crippen LogP contribution in [0.2, 0.25) is 0 Å². The summed E-state index contributed by atoms with van der Waals surface area (Å²) >= 11 is 0. The van der Waals surface area contributed by atoms with Gasteiger partial charge in [0.25, 0.3) is 0 Å². The molecule has 108 valence electrons. The number of sulfonamides is 1. The molecule has 1 aromatic carbocycles. The van der Waals surface area contributed by atoms with Crippen molar-refractivity contribution < 1.29 is 17.9 Å². The molecule has 0 aliphatic carbocycles. The molecule has 19 heavy (non-hydrogen) atoms. The highest BCUT2D eigenvalue weighted by Gasteiger charge is 2.11. The van der Waals surface area contributed by atoms with Crippen molar-refractivity contribution in [1.82, 2.24) is 4.72 Å². The highest BCUT2D eigenvalue weighted by Crippen LogP contribution is 2.06. The molecule has 1 N–H and O–H groups in total. The van der Waals surface area contributed by atoms with Crippen LogP contribution in [0.25, 0.3) is 0 Å². The van der Waals surface area contributed by atoms with Gasteiger partial charge in [-0.05, 0) is 25.0 Å². The summed E-state index contributed by atoms with van der Waals surface area (Å²) < 4.78 is 36.4. The van der Waals surface area contributed by atoms with Gasteiger partial charge in [0.05, 0.1) is 18.1 Å². The van der Waals surface area contributed by atoms with Gasteiger partial charge >= 0.3 is 0 Å². The van der Waals surface area contributed by atoms with Gasteiger partial charge < -0.3 is 9.47 Å². The quantitative estimate of drug-likeness (QED) is 0.661. The lowest BCUT2D eigenvalue weighted by molar-refractivity contribution is 0.0689. The highest BCUT2D eigenvalue weighted by molar-refractivity contribution is 7.89. The van der Waals surface area contributed by atoms with E-state index in [1.54, 1.807) is 37.4 Å². The zero-order valence-corrected chi connectivity index (χ0v) is 12.0. The molecule has 0 spiro atoms. The van der Waals surface area contributed by atoms with Gasteiger partial charge in [0.15, 0.2) is 0 Å². The Hall–Kier alpha value is -0.950. The maximum Gasteiger partial charge on any atom is 0.240 e. The minimum absolute atomic E-state index is 0.298. The summed E-state index contributed by atoms with van der Waals surface area (Å²) in [5.74, 6) is 0. The molecule has 0 aliphatic rings. The van der Waals surface area contributed by atoms with E-state index in [4.69, 9.17) is 9.47 Å². The zero-order chi connectivity index (χ0) is 14.0. The molecule has 0 saturated carbocycles. The molecule has 5 nitrogen and oxygen atoms in total. The first kappa shape index (κ1) is 16.1. The fourth-order valence-corrected chi connectivity index (χ4v) is 2.56. The Balaban J connectivity index is 2.15. The van der Waals surface area contributed by atoms with Gasteiger partial charge in [-0.2, -0.15) is 0 Å². The maximum atomic E-state index is 11.8. The molecule has 1 aromatic rings. The largest absolute Gasteiger partial charge is 0.382 e. The Bertz CT molecular complexity index is 433. The third-order valence-electron chi connectivity index (χ3n) is 2.49. The molecular weight excluding hydrogens is 266 g/mol. The summed E-state index contributed by atoms with van der Waals surface area (Å²) in [7, 11) is -1.75. The molecule has 0 atom stereocenters. The van der Waals surface area contributed by atoms with E-state index in [2.05, 4.69) is 4.72 Å². The molecule has 0 unspecified atom stereocenters. The minimum Gasteiger partial charge on any atom is -0.382 e. The Morgan fingerprint density at radius 1 is 1.05 bits per heavy atom. The predicted octanol–water partition coefficient (Wildman–Crippen LogP) is 1.41. The first-order valence-electron chi connectivity index (χ1n) is 6.28. The molecule has 0 fully saturated rings. The van der Waals surface area contributed by atoms with Crippen molar-refractivity contribution in [3.05, 3.63) is 30.3 Å². The molecule has 0 aromatic heterocycles. The number of nitrogens with one attached hydrogen (secondary N) is 1. The first-order chi connectivity index (χ1) is 9.17. The first-order valence-corrected chi connectivity index (χ1v) is 7.76. The van der Waals surface area contributed by atoms with Crippen molar-refractivity contribution in [1.29, 1.82) is 0 Å². The van der Waals surface area contributed by atoms with E-state index >= 15 is 0 Å². The summed E-state index contributed by atoms with van der Waals surface area (Å²) in [5.41, 5.74) is 0. The Morgan fingerprint density at radius 3 is 2.47 bits per heavy atom. The van der Waals surface area contributed by atoms with E-state index < -0.39 is 10.0 Å². The van der Waals surface area contributed by atoms with Gasteiger partial charge in [0.2, 0.25) is 10.0 Å². The van der Waals surface area contributed by atoms with Crippen LogP contribution < -0.4 is 4.72 Å². The number of hydrogen-bond donors (Lipinski definition) is 1. The van der Waals surface area contributed by atoms with E-state index in [1.807, 2.05) is 0 Å². The van der Waals surface area contributed by atoms with E-state index in [1.165, 1.54) is 0 Å². The van der Waals surface area contributed by atoms with Crippen molar-refractivity contribution >= 4 is 10.0 Å². The molecule has 0 radical (unpaired) electrons. The standard InChI is InChI=1S/C13H21NO4S/c1-17-11-12-18-10-6-5-9-14-19(15,16)13-7-3-2-4-8-13/h2-4,7-8,14H,5-6,9-12H2,1H3. The third kappa shape index (κ3) is 6.68. The third-order valence-corrected chi connectivity index (χ3v) is 3.97. The zero-order valence-electron chi connectivity index (χ0n) is 11.2. The van der Waals surface area contributed by atoms with Crippen molar-refractivity contribution in [2.45, 2.75) is 17.7 Å². The van der Waals surface area contributed by atoms with Gasteiger partial charge in [-0.15, -0.1) is 0 Å². The molecule has 0 heterocycles. The predicted molar refractivity (Wildman–Crippen MR) is 73.6 cm³/mol. The summed E-state index contributed by atoms with van der Waals surface area (Å²) in [6.07, 6.45) is 1.57. The second-order valence-corrected chi connectivity index (χ2v) is 5.79. The van der Waals surface area contributed by atoms with Crippen LogP contribution in [0.1, 0.15) is 12.8 Å². The molecule has 1 rings (SSSR count). The number of unbranched alkanes of at least 4 members (excludes halogenated alkanes) is 1. The summed E-state index contributed by atoms with van der Waals surface area (Å²) in [6, 6.07) is 8.36. The summed E-state index contributed by atoms with van der Waals surface area (Å²) in [4.78, 5) is 0.298. The van der Waals surface area contributed by atoms with Crippen molar-refractivity contribution in [3.8, 4) is 0 Å². The van der Waals surface area contributed by atoms with Crippen LogP contribution in [0.5, 0.6) is 0 Å². The lowest BCUT2D eigenvalue weighted by Crippen LogP contribution is -2.25. The van der Waals surface area contributed by atoms with Crippen molar-refractivity contribution in [2.24, 2.45) is 0 Å². The lowest BCUT2D eigenvalue weighted by atomic mass is 10.3. The number of benzene rings is 1. The fraction of sp³-hybridized carbons (Fsp3) is 0.538. The monoisotopic (exact) mass is 287 g/mol. The van der Waals surface area contributed by atoms with E-state index in [0.29, 0.717) is 31.3 Å². The smallest absolute Gasteiger partial charge is 0.240 e. The van der Waals surface area contributed by atoms with Crippen LogP contribution in [0.15, 0.2) is 35.2 Å². The van der Waals surface area contributed by atoms with Crippen LogP contribution in [0, 0.1) is 0 Å². The normalized spacial score (nSPS) is 11.6. The molecular formula is C13H21NO4S. The molecule has 0 aliphatic heterocycles. The Labute approximate surface area is 115 Å². The number of methoxy groups -OCH3 is 1. The molecule has 0 saturated heterocycles. The maximum absolute atomic E-state index is 11.8. The average Bonchev–Trinajstić information content (AvgIpc) is 2.43. The number of rotatable bonds is 10. The van der Waals surface area contributed by atoms with Crippen LogP contribution >= 0.6 is 0 Å². The second-order valence-electron chi connectivity index (χ2n) is 4.02. The second kappa shape index (κ2) is 9.03. The number of hydrogen-bond acceptors (Lipinski definition) is 4. The molecule has 0 amide bonds. The Kier molecular flexibility index (Phi) is 7.66. The van der Waals surface area contributed by atoms with E-state index in [0.717, 1.165) is 12.8 Å². The lowest BCUT2D eigenvalue weighted by Gasteiger charge is -2.07. The summed E-state index contributed by atoms with van der Waals surface area (Å²) in [6.45, 7) is 2.20. The van der Waals surface area contributed by atoms with Gasteiger partial charge in [-0.25, -0.2) is 13.1 Å². The molecule has 6 heteroatoms. The summed E-state index contributed by atoms with van der Waals surface area (Å²) in [5, 5.41) is 0. The minimum atomic E-state index is -3.37. The van der Waals surface area contributed by atoms with E-state index in [-0.39, 0.29) is 0 Å². The Morgan fingerprint density at radius 2 is 1.79 bits per heavy atom. The van der Waals surface area contributed by atoms with Crippen LogP contribution in [-0.2, 0) is 19.5 Å². The van der Waals surface area contributed by atoms with Crippen molar-refractivity contribution in [2.75, 3.05) is 33.5 Å². The van der Waals surface area contributed by atoms with Crippen molar-refractivity contribution in [3.63, 3.8) is 0 Å². The SMILES string of the molecule is COCCOCCCCNS(=O)(=O)c1ccccc1. The fourth-order valence-electron chi connectivity index (χ4n) is 1.46. The number of ether oxygens (including phenoxy) is 2.